The molecule has 1 unspecified atom stereocenters. The second-order valence-electron chi connectivity index (χ2n) is 5.65. The van der Waals surface area contributed by atoms with Crippen LogP contribution in [0.15, 0.2) is 18.3 Å². The van der Waals surface area contributed by atoms with Crippen molar-refractivity contribution in [2.45, 2.75) is 52.5 Å². The number of hydrogen-bond acceptors (Lipinski definition) is 2. The summed E-state index contributed by atoms with van der Waals surface area (Å²) in [4.78, 5) is 4.39. The van der Waals surface area contributed by atoms with Crippen LogP contribution in [0, 0.1) is 12.3 Å². The summed E-state index contributed by atoms with van der Waals surface area (Å²) in [5, 5.41) is 3.60. The van der Waals surface area contributed by atoms with Crippen LogP contribution in [0.4, 0.5) is 5.82 Å². The minimum Gasteiger partial charge on any atom is -0.367 e. The van der Waals surface area contributed by atoms with E-state index in [1.54, 1.807) is 0 Å². The highest BCUT2D eigenvalue weighted by Crippen LogP contribution is 2.36. The predicted octanol–water partition coefficient (Wildman–Crippen LogP) is 3.77. The molecule has 1 aliphatic carbocycles. The van der Waals surface area contributed by atoms with E-state index < -0.39 is 0 Å². The van der Waals surface area contributed by atoms with Gasteiger partial charge in [-0.15, -0.1) is 0 Å². The van der Waals surface area contributed by atoms with Gasteiger partial charge >= 0.3 is 0 Å². The molecule has 16 heavy (non-hydrogen) atoms. The van der Waals surface area contributed by atoms with Crippen LogP contribution in [0.2, 0.25) is 0 Å². The minimum atomic E-state index is 0.393. The largest absolute Gasteiger partial charge is 0.367 e. The lowest BCUT2D eigenvalue weighted by atomic mass is 9.73. The van der Waals surface area contributed by atoms with Crippen LogP contribution in [-0.4, -0.2) is 11.0 Å². The Bertz CT molecular complexity index is 358. The van der Waals surface area contributed by atoms with Crippen molar-refractivity contribution in [3.63, 3.8) is 0 Å². The van der Waals surface area contributed by atoms with Gasteiger partial charge in [0, 0.05) is 12.2 Å². The first-order chi connectivity index (χ1) is 7.58. The van der Waals surface area contributed by atoms with Gasteiger partial charge in [0.15, 0.2) is 0 Å². The Hall–Kier alpha value is -1.05. The quantitative estimate of drug-likeness (QED) is 0.817. The van der Waals surface area contributed by atoms with Gasteiger partial charge in [-0.2, -0.15) is 0 Å². The fourth-order valence-corrected chi connectivity index (χ4v) is 2.56. The maximum atomic E-state index is 4.39. The van der Waals surface area contributed by atoms with Gasteiger partial charge in [0.1, 0.15) is 5.82 Å². The number of hydrogen-bond donors (Lipinski definition) is 1. The van der Waals surface area contributed by atoms with Crippen molar-refractivity contribution < 1.29 is 0 Å². The minimum absolute atomic E-state index is 0.393. The van der Waals surface area contributed by atoms with Crippen molar-refractivity contribution in [1.82, 2.24) is 4.98 Å². The Morgan fingerprint density at radius 3 is 2.88 bits per heavy atom. The molecule has 1 aliphatic rings. The molecule has 2 rings (SSSR count). The first-order valence-electron chi connectivity index (χ1n) is 6.27. The molecule has 1 N–H and O–H groups in total. The molecule has 1 aromatic rings. The van der Waals surface area contributed by atoms with E-state index in [4.69, 9.17) is 0 Å². The molecule has 0 bridgehead atoms. The van der Waals surface area contributed by atoms with Crippen LogP contribution in [0.5, 0.6) is 0 Å². The fraction of sp³-hybridized carbons (Fsp3) is 0.643. The molecule has 0 aromatic carbocycles. The van der Waals surface area contributed by atoms with Gasteiger partial charge in [0.25, 0.3) is 0 Å². The molecular formula is C14H22N2. The van der Waals surface area contributed by atoms with Gasteiger partial charge < -0.3 is 5.32 Å². The van der Waals surface area contributed by atoms with Crippen molar-refractivity contribution in [3.05, 3.63) is 23.9 Å². The number of aromatic nitrogens is 1. The molecular weight excluding hydrogens is 196 g/mol. The number of nitrogens with one attached hydrogen (secondary N) is 1. The monoisotopic (exact) mass is 218 g/mol. The van der Waals surface area contributed by atoms with E-state index in [1.807, 2.05) is 12.3 Å². The molecule has 2 nitrogen and oxygen atoms in total. The Morgan fingerprint density at radius 1 is 1.38 bits per heavy atom. The lowest BCUT2D eigenvalue weighted by molar-refractivity contribution is 0.216. The second-order valence-corrected chi connectivity index (χ2v) is 5.65. The molecule has 0 spiro atoms. The first-order valence-corrected chi connectivity index (χ1v) is 6.27. The second kappa shape index (κ2) is 4.44. The number of aryl methyl sites for hydroxylation is 1. The molecule has 2 heteroatoms. The molecule has 1 atom stereocenters. The van der Waals surface area contributed by atoms with Gasteiger partial charge in [-0.3, -0.25) is 0 Å². The van der Waals surface area contributed by atoms with Crippen molar-refractivity contribution >= 4 is 5.82 Å². The third-order valence-electron chi connectivity index (χ3n) is 3.74. The fourth-order valence-electron chi connectivity index (χ4n) is 2.56. The molecule has 1 fully saturated rings. The van der Waals surface area contributed by atoms with Crippen LogP contribution in [0.25, 0.3) is 0 Å². The highest BCUT2D eigenvalue weighted by atomic mass is 15.0. The number of rotatable bonds is 2. The lowest BCUT2D eigenvalue weighted by Gasteiger charge is -2.39. The smallest absolute Gasteiger partial charge is 0.126 e. The van der Waals surface area contributed by atoms with E-state index in [2.05, 4.69) is 37.1 Å². The van der Waals surface area contributed by atoms with E-state index >= 15 is 0 Å². The Balaban J connectivity index is 2.08. The molecule has 0 radical (unpaired) electrons. The zero-order valence-corrected chi connectivity index (χ0v) is 10.6. The van der Waals surface area contributed by atoms with Gasteiger partial charge in [0.2, 0.25) is 0 Å². The predicted molar refractivity (Wildman–Crippen MR) is 68.6 cm³/mol. The standard InChI is InChI=1S/C14H22N2/c1-11-7-9-15-13(10-11)16-12-6-4-5-8-14(12,2)3/h7,9-10,12H,4-6,8H2,1-3H3,(H,15,16). The summed E-state index contributed by atoms with van der Waals surface area (Å²) in [6.07, 6.45) is 7.17. The van der Waals surface area contributed by atoms with Crippen LogP contribution in [0.1, 0.15) is 45.1 Å². The number of anilines is 1. The third-order valence-corrected chi connectivity index (χ3v) is 3.74. The third kappa shape index (κ3) is 2.55. The highest BCUT2D eigenvalue weighted by Gasteiger charge is 2.32. The highest BCUT2D eigenvalue weighted by molar-refractivity contribution is 5.38. The zero-order chi connectivity index (χ0) is 11.6. The van der Waals surface area contributed by atoms with E-state index in [0.29, 0.717) is 11.5 Å². The first kappa shape index (κ1) is 11.4. The van der Waals surface area contributed by atoms with Gasteiger partial charge in [0.05, 0.1) is 0 Å². The number of pyridine rings is 1. The summed E-state index contributed by atoms with van der Waals surface area (Å²) in [6, 6.07) is 4.73. The lowest BCUT2D eigenvalue weighted by Crippen LogP contribution is -2.39. The van der Waals surface area contributed by atoms with Crippen LogP contribution in [-0.2, 0) is 0 Å². The summed E-state index contributed by atoms with van der Waals surface area (Å²) in [5.41, 5.74) is 1.66. The topological polar surface area (TPSA) is 24.9 Å². The van der Waals surface area contributed by atoms with E-state index in [9.17, 15) is 0 Å². The average Bonchev–Trinajstić information content (AvgIpc) is 2.21. The van der Waals surface area contributed by atoms with Crippen molar-refractivity contribution in [1.29, 1.82) is 0 Å². The van der Waals surface area contributed by atoms with Gasteiger partial charge in [-0.05, 0) is 42.9 Å². The van der Waals surface area contributed by atoms with Crippen LogP contribution >= 0.6 is 0 Å². The SMILES string of the molecule is Cc1ccnc(NC2CCCCC2(C)C)c1. The van der Waals surface area contributed by atoms with E-state index in [0.717, 1.165) is 5.82 Å². The summed E-state index contributed by atoms with van der Waals surface area (Å²) in [6.45, 7) is 6.83. The zero-order valence-electron chi connectivity index (χ0n) is 10.6. The molecule has 1 aromatic heterocycles. The molecule has 1 heterocycles. The average molecular weight is 218 g/mol. The van der Waals surface area contributed by atoms with Crippen molar-refractivity contribution in [2.75, 3.05) is 5.32 Å². The van der Waals surface area contributed by atoms with E-state index in [1.165, 1.54) is 31.2 Å². The van der Waals surface area contributed by atoms with Crippen LogP contribution < -0.4 is 5.32 Å². The van der Waals surface area contributed by atoms with Gasteiger partial charge in [-0.25, -0.2) is 4.98 Å². The maximum Gasteiger partial charge on any atom is 0.126 e. The maximum absolute atomic E-state index is 4.39. The normalized spacial score (nSPS) is 24.1. The van der Waals surface area contributed by atoms with Crippen molar-refractivity contribution in [3.8, 4) is 0 Å². The Kier molecular flexibility index (Phi) is 3.17. The number of nitrogens with zero attached hydrogens (tertiary/aromatic N) is 1. The summed E-state index contributed by atoms with van der Waals surface area (Å²) in [5.74, 6) is 1.03. The molecule has 1 saturated carbocycles. The van der Waals surface area contributed by atoms with E-state index in [-0.39, 0.29) is 0 Å². The van der Waals surface area contributed by atoms with Crippen molar-refractivity contribution in [2.24, 2.45) is 5.41 Å². The Morgan fingerprint density at radius 2 is 2.19 bits per heavy atom. The summed E-state index contributed by atoms with van der Waals surface area (Å²) >= 11 is 0. The van der Waals surface area contributed by atoms with Crippen LogP contribution in [0.3, 0.4) is 0 Å². The molecule has 0 aliphatic heterocycles. The summed E-state index contributed by atoms with van der Waals surface area (Å²) in [7, 11) is 0. The summed E-state index contributed by atoms with van der Waals surface area (Å²) < 4.78 is 0. The molecule has 0 saturated heterocycles. The molecule has 88 valence electrons. The Labute approximate surface area is 98.5 Å². The molecule has 0 amide bonds. The van der Waals surface area contributed by atoms with Gasteiger partial charge in [-0.1, -0.05) is 26.7 Å².